The molecule has 0 radical (unpaired) electrons. The molecule has 0 bridgehead atoms. The molecule has 0 aliphatic rings. The van der Waals surface area contributed by atoms with Gasteiger partial charge in [0.05, 0.1) is 14.2 Å². The zero-order valence-electron chi connectivity index (χ0n) is 18.4. The van der Waals surface area contributed by atoms with E-state index in [-0.39, 0.29) is 11.5 Å². The fourth-order valence-corrected chi connectivity index (χ4v) is 3.16. The number of phenols is 1. The number of rotatable bonds is 8. The van der Waals surface area contributed by atoms with Gasteiger partial charge in [-0.05, 0) is 36.1 Å². The topological polar surface area (TPSA) is 82.1 Å². The largest absolute Gasteiger partial charge is 0.534 e. The smallest absolute Gasteiger partial charge is 0.505 e. The van der Waals surface area contributed by atoms with E-state index in [1.165, 1.54) is 26.4 Å². The maximum absolute atomic E-state index is 13.6. The lowest BCUT2D eigenvalue weighted by molar-refractivity contribution is -0.0501. The minimum Gasteiger partial charge on any atom is -0.505 e. The third-order valence-electron chi connectivity index (χ3n) is 4.21. The number of halogens is 5. The Bertz CT molecular complexity index is 1040. The lowest BCUT2D eigenvalue weighted by atomic mass is 10.1. The SMILES string of the molecule is CCCc1cc(F)c(O)cc1OC.CCCc1cc(F)c(OS(=O)(=O)C(F)(F)F)cc1OC. The van der Waals surface area contributed by atoms with Crippen LogP contribution in [0.25, 0.3) is 0 Å². The molecule has 0 spiro atoms. The van der Waals surface area contributed by atoms with Gasteiger partial charge in [-0.2, -0.15) is 21.6 Å². The fraction of sp³-hybridized carbons (Fsp3) is 0.429. The maximum Gasteiger partial charge on any atom is 0.534 e. The zero-order valence-corrected chi connectivity index (χ0v) is 19.2. The first-order valence-electron chi connectivity index (χ1n) is 9.73. The lowest BCUT2D eigenvalue weighted by Crippen LogP contribution is -2.28. The van der Waals surface area contributed by atoms with Crippen molar-refractivity contribution in [3.8, 4) is 23.0 Å². The molecule has 0 fully saturated rings. The van der Waals surface area contributed by atoms with E-state index in [0.29, 0.717) is 24.2 Å². The quantitative estimate of drug-likeness (QED) is 0.293. The lowest BCUT2D eigenvalue weighted by Gasteiger charge is -2.13. The van der Waals surface area contributed by atoms with E-state index in [2.05, 4.69) is 4.18 Å². The summed E-state index contributed by atoms with van der Waals surface area (Å²) in [4.78, 5) is 0. The van der Waals surface area contributed by atoms with Gasteiger partial charge in [0, 0.05) is 12.1 Å². The molecule has 33 heavy (non-hydrogen) atoms. The molecule has 0 aliphatic heterocycles. The molecule has 12 heteroatoms. The molecular weight excluding hydrogens is 475 g/mol. The second-order valence-electron chi connectivity index (χ2n) is 6.69. The summed E-state index contributed by atoms with van der Waals surface area (Å²) in [6, 6.07) is 4.30. The maximum atomic E-state index is 13.6. The van der Waals surface area contributed by atoms with E-state index in [9.17, 15) is 30.4 Å². The summed E-state index contributed by atoms with van der Waals surface area (Å²) >= 11 is 0. The number of methoxy groups -OCH3 is 2. The summed E-state index contributed by atoms with van der Waals surface area (Å²) in [5, 5.41) is 9.07. The summed E-state index contributed by atoms with van der Waals surface area (Å²) in [6.45, 7) is 3.82. The molecule has 2 aromatic rings. The van der Waals surface area contributed by atoms with Crippen molar-refractivity contribution in [2.75, 3.05) is 14.2 Å². The summed E-state index contributed by atoms with van der Waals surface area (Å²) in [5.74, 6) is -2.62. The molecule has 186 valence electrons. The average molecular weight is 500 g/mol. The van der Waals surface area contributed by atoms with Gasteiger partial charge in [0.25, 0.3) is 0 Å². The molecule has 2 aromatic carbocycles. The highest BCUT2D eigenvalue weighted by Crippen LogP contribution is 2.33. The Labute approximate surface area is 189 Å². The number of ether oxygens (including phenoxy) is 2. The van der Waals surface area contributed by atoms with Crippen LogP contribution < -0.4 is 13.7 Å². The first kappa shape index (κ1) is 28.3. The van der Waals surface area contributed by atoms with Crippen LogP contribution in [0, 0.1) is 11.6 Å². The predicted octanol–water partition coefficient (Wildman–Crippen LogP) is 5.51. The Hall–Kier alpha value is -2.76. The van der Waals surface area contributed by atoms with Gasteiger partial charge in [-0.3, -0.25) is 0 Å². The number of aryl methyl sites for hydroxylation is 2. The molecule has 0 atom stereocenters. The summed E-state index contributed by atoms with van der Waals surface area (Å²) in [7, 11) is -3.18. The standard InChI is InChI=1S/C11H12F4O4S.C10H13FO2/c1-3-4-7-5-8(12)10(6-9(7)18-2)19-20(16,17)11(13,14)15;1-3-4-7-5-8(11)9(12)6-10(7)13-2/h5-6H,3-4H2,1-2H3;5-6,12H,3-4H2,1-2H3. The van der Waals surface area contributed by atoms with Crippen LogP contribution in [-0.2, 0) is 23.0 Å². The third kappa shape index (κ3) is 7.65. The van der Waals surface area contributed by atoms with E-state index >= 15 is 0 Å². The molecule has 0 aromatic heterocycles. The Morgan fingerprint density at radius 1 is 0.818 bits per heavy atom. The minimum atomic E-state index is -5.92. The van der Waals surface area contributed by atoms with Crippen molar-refractivity contribution in [2.45, 2.75) is 45.0 Å². The molecule has 0 aliphatic carbocycles. The van der Waals surface area contributed by atoms with Crippen LogP contribution in [0.15, 0.2) is 24.3 Å². The van der Waals surface area contributed by atoms with Crippen molar-refractivity contribution in [1.82, 2.24) is 0 Å². The number of hydrogen-bond acceptors (Lipinski definition) is 6. The van der Waals surface area contributed by atoms with Gasteiger partial charge in [-0.1, -0.05) is 26.7 Å². The first-order valence-corrected chi connectivity index (χ1v) is 11.1. The number of alkyl halides is 3. The molecule has 1 N–H and O–H groups in total. The normalized spacial score (nSPS) is 11.4. The Morgan fingerprint density at radius 2 is 1.27 bits per heavy atom. The third-order valence-corrected chi connectivity index (χ3v) is 5.17. The zero-order chi connectivity index (χ0) is 25.4. The number of phenolic OH excluding ortho intramolecular Hbond substituents is 1. The molecule has 0 saturated carbocycles. The van der Waals surface area contributed by atoms with E-state index < -0.39 is 33.0 Å². The number of benzene rings is 2. The van der Waals surface area contributed by atoms with Gasteiger partial charge in [0.15, 0.2) is 23.1 Å². The average Bonchev–Trinajstić information content (AvgIpc) is 2.72. The Balaban J connectivity index is 0.000000361. The van der Waals surface area contributed by atoms with Crippen LogP contribution in [0.5, 0.6) is 23.0 Å². The van der Waals surface area contributed by atoms with Crippen molar-refractivity contribution in [3.63, 3.8) is 0 Å². The van der Waals surface area contributed by atoms with E-state index in [1.807, 2.05) is 13.8 Å². The first-order chi connectivity index (χ1) is 15.3. The summed E-state index contributed by atoms with van der Waals surface area (Å²) < 4.78 is 98.3. The number of hydrogen-bond donors (Lipinski definition) is 1. The highest BCUT2D eigenvalue weighted by Gasteiger charge is 2.49. The van der Waals surface area contributed by atoms with Gasteiger partial charge in [-0.15, -0.1) is 0 Å². The fourth-order valence-electron chi connectivity index (χ4n) is 2.70. The summed E-state index contributed by atoms with van der Waals surface area (Å²) in [6.07, 6.45) is 2.74. The van der Waals surface area contributed by atoms with E-state index in [4.69, 9.17) is 14.6 Å². The summed E-state index contributed by atoms with van der Waals surface area (Å²) in [5.41, 5.74) is -4.43. The molecule has 0 amide bonds. The van der Waals surface area contributed by atoms with Crippen molar-refractivity contribution < 1.29 is 49.1 Å². The highest BCUT2D eigenvalue weighted by atomic mass is 32.2. The van der Waals surface area contributed by atoms with Crippen LogP contribution in [0.3, 0.4) is 0 Å². The van der Waals surface area contributed by atoms with Gasteiger partial charge in [-0.25, -0.2) is 8.78 Å². The van der Waals surface area contributed by atoms with Gasteiger partial charge in [0.2, 0.25) is 0 Å². The molecule has 0 heterocycles. The van der Waals surface area contributed by atoms with Crippen LogP contribution >= 0.6 is 0 Å². The monoisotopic (exact) mass is 500 g/mol. The van der Waals surface area contributed by atoms with Gasteiger partial charge < -0.3 is 18.8 Å². The van der Waals surface area contributed by atoms with Crippen LogP contribution in [0.4, 0.5) is 22.0 Å². The predicted molar refractivity (Wildman–Crippen MR) is 111 cm³/mol. The Morgan fingerprint density at radius 3 is 1.70 bits per heavy atom. The highest BCUT2D eigenvalue weighted by molar-refractivity contribution is 7.88. The van der Waals surface area contributed by atoms with E-state index in [1.54, 1.807) is 0 Å². The van der Waals surface area contributed by atoms with Gasteiger partial charge >= 0.3 is 15.6 Å². The minimum absolute atomic E-state index is 0.0561. The van der Waals surface area contributed by atoms with Crippen molar-refractivity contribution in [1.29, 1.82) is 0 Å². The number of aromatic hydroxyl groups is 1. The second kappa shape index (κ2) is 11.9. The van der Waals surface area contributed by atoms with Crippen molar-refractivity contribution in [2.24, 2.45) is 0 Å². The van der Waals surface area contributed by atoms with Crippen molar-refractivity contribution in [3.05, 3.63) is 47.0 Å². The molecule has 6 nitrogen and oxygen atoms in total. The van der Waals surface area contributed by atoms with Crippen molar-refractivity contribution >= 4 is 10.1 Å². The molecule has 2 rings (SSSR count). The Kier molecular flexibility index (Phi) is 10.2. The second-order valence-corrected chi connectivity index (χ2v) is 8.23. The van der Waals surface area contributed by atoms with Crippen LogP contribution in [0.1, 0.15) is 37.8 Å². The van der Waals surface area contributed by atoms with E-state index in [0.717, 1.165) is 30.5 Å². The molecular formula is C21H25F5O6S. The van der Waals surface area contributed by atoms with Gasteiger partial charge in [0.1, 0.15) is 11.5 Å². The molecule has 0 saturated heterocycles. The van der Waals surface area contributed by atoms with Crippen LogP contribution in [0.2, 0.25) is 0 Å². The van der Waals surface area contributed by atoms with Crippen LogP contribution in [-0.4, -0.2) is 33.3 Å². The molecule has 0 unspecified atom stereocenters.